The van der Waals surface area contributed by atoms with Crippen molar-refractivity contribution in [2.45, 2.75) is 69.5 Å². The van der Waals surface area contributed by atoms with E-state index in [2.05, 4.69) is 37.2 Å². The number of hydrogen-bond acceptors (Lipinski definition) is 5. The van der Waals surface area contributed by atoms with E-state index in [9.17, 15) is 18.0 Å². The van der Waals surface area contributed by atoms with Gasteiger partial charge in [-0.05, 0) is 90.6 Å². The first-order valence-corrected chi connectivity index (χ1v) is 17.3. The molecule has 2 amide bonds. The molecule has 0 aromatic heterocycles. The minimum absolute atomic E-state index is 0.00446. The highest BCUT2D eigenvalue weighted by Gasteiger charge is 2.33. The minimum Gasteiger partial charge on any atom is -0.496 e. The third-order valence-electron chi connectivity index (χ3n) is 7.67. The summed E-state index contributed by atoms with van der Waals surface area (Å²) in [5.74, 6) is -0.267. The lowest BCUT2D eigenvalue weighted by molar-refractivity contribution is -0.139. The van der Waals surface area contributed by atoms with Gasteiger partial charge in [0.15, 0.2) is 0 Å². The van der Waals surface area contributed by atoms with Gasteiger partial charge in [0.2, 0.25) is 11.8 Å². The number of nitrogens with one attached hydrogen (secondary N) is 1. The van der Waals surface area contributed by atoms with Gasteiger partial charge in [0, 0.05) is 17.1 Å². The van der Waals surface area contributed by atoms with Crippen molar-refractivity contribution in [1.82, 2.24) is 10.2 Å². The van der Waals surface area contributed by atoms with E-state index in [0.29, 0.717) is 15.9 Å². The highest BCUT2D eigenvalue weighted by molar-refractivity contribution is 9.10. The van der Waals surface area contributed by atoms with Crippen molar-refractivity contribution in [3.8, 4) is 5.75 Å². The molecular weight excluding hydrogens is 698 g/mol. The van der Waals surface area contributed by atoms with Crippen molar-refractivity contribution in [3.05, 3.63) is 86.8 Å². The monoisotopic (exact) mass is 733 g/mol. The number of methoxy groups -OCH3 is 1. The molecule has 8 nitrogen and oxygen atoms in total. The van der Waals surface area contributed by atoms with Gasteiger partial charge in [0.25, 0.3) is 10.0 Å². The number of carbonyl (C=O) groups is 2. The quantitative estimate of drug-likeness (QED) is 0.240. The Labute approximate surface area is 271 Å². The zero-order chi connectivity index (χ0) is 31.1. The Kier molecular flexibility index (Phi) is 11.3. The molecule has 1 aliphatic carbocycles. The third-order valence-corrected chi connectivity index (χ3v) is 10.6. The van der Waals surface area contributed by atoms with Crippen LogP contribution in [-0.4, -0.2) is 50.9 Å². The van der Waals surface area contributed by atoms with Crippen LogP contribution in [0.5, 0.6) is 5.75 Å². The Morgan fingerprint density at radius 1 is 1.00 bits per heavy atom. The molecule has 0 aliphatic heterocycles. The Hall–Kier alpha value is -2.89. The van der Waals surface area contributed by atoms with Crippen LogP contribution in [0, 0.1) is 6.92 Å². The van der Waals surface area contributed by atoms with Crippen LogP contribution in [0.15, 0.2) is 80.6 Å². The molecule has 4 rings (SSSR count). The number of benzene rings is 3. The number of nitrogens with zero attached hydrogens (tertiary/aromatic N) is 2. The van der Waals surface area contributed by atoms with Crippen molar-refractivity contribution in [1.29, 1.82) is 0 Å². The van der Waals surface area contributed by atoms with E-state index >= 15 is 0 Å². The molecule has 0 heterocycles. The molecule has 0 unspecified atom stereocenters. The zero-order valence-electron chi connectivity index (χ0n) is 24.6. The standard InChI is InChI=1S/C32H37Br2N3O5S/c1-22-12-14-27(15-13-22)37(43(40,41)28-16-17-30(42-3)29(34)19-28)21-31(38)36(20-24-8-7-9-25(33)18-24)23(2)32(39)35-26-10-5-4-6-11-26/h7-9,12-19,23,26H,4-6,10-11,20-21H2,1-3H3,(H,35,39)/t23-/m0/s1. The number of sulfonamides is 1. The average Bonchev–Trinajstić information content (AvgIpc) is 2.99. The Bertz CT molecular complexity index is 1540. The van der Waals surface area contributed by atoms with Crippen molar-refractivity contribution in [2.24, 2.45) is 0 Å². The van der Waals surface area contributed by atoms with E-state index in [1.807, 2.05) is 31.2 Å². The summed E-state index contributed by atoms with van der Waals surface area (Å²) in [4.78, 5) is 29.1. The summed E-state index contributed by atoms with van der Waals surface area (Å²) in [6, 6.07) is 18.2. The molecule has 3 aromatic carbocycles. The molecule has 3 aromatic rings. The Morgan fingerprint density at radius 2 is 1.70 bits per heavy atom. The maximum absolute atomic E-state index is 14.2. The number of ether oxygens (including phenoxy) is 1. The van der Waals surface area contributed by atoms with Crippen LogP contribution < -0.4 is 14.4 Å². The number of hydrogen-bond donors (Lipinski definition) is 1. The van der Waals surface area contributed by atoms with Crippen LogP contribution in [0.4, 0.5) is 5.69 Å². The smallest absolute Gasteiger partial charge is 0.264 e. The first kappa shape index (κ1) is 33.0. The van der Waals surface area contributed by atoms with Gasteiger partial charge < -0.3 is 15.0 Å². The summed E-state index contributed by atoms with van der Waals surface area (Å²) in [7, 11) is -2.70. The number of carbonyl (C=O) groups excluding carboxylic acids is 2. The lowest BCUT2D eigenvalue weighted by Gasteiger charge is -2.33. The fraction of sp³-hybridized carbons (Fsp3) is 0.375. The summed E-state index contributed by atoms with van der Waals surface area (Å²) < 4.78 is 35.9. The van der Waals surface area contributed by atoms with E-state index in [-0.39, 0.29) is 23.4 Å². The van der Waals surface area contributed by atoms with Crippen molar-refractivity contribution in [3.63, 3.8) is 0 Å². The van der Waals surface area contributed by atoms with Crippen molar-refractivity contribution < 1.29 is 22.7 Å². The van der Waals surface area contributed by atoms with Crippen LogP contribution >= 0.6 is 31.9 Å². The summed E-state index contributed by atoms with van der Waals surface area (Å²) in [6.07, 6.45) is 5.10. The normalized spacial score (nSPS) is 14.5. The van der Waals surface area contributed by atoms with Gasteiger partial charge in [-0.15, -0.1) is 0 Å². The zero-order valence-corrected chi connectivity index (χ0v) is 28.5. The van der Waals surface area contributed by atoms with Gasteiger partial charge in [-0.1, -0.05) is 65.0 Å². The Morgan fingerprint density at radius 3 is 2.33 bits per heavy atom. The van der Waals surface area contributed by atoms with Crippen LogP contribution in [0.1, 0.15) is 50.2 Å². The van der Waals surface area contributed by atoms with Gasteiger partial charge in [0.05, 0.1) is 22.2 Å². The fourth-order valence-corrected chi connectivity index (χ4v) is 7.74. The lowest BCUT2D eigenvalue weighted by Crippen LogP contribution is -2.53. The van der Waals surface area contributed by atoms with E-state index in [1.165, 1.54) is 24.1 Å². The molecule has 1 atom stereocenters. The van der Waals surface area contributed by atoms with Gasteiger partial charge in [-0.25, -0.2) is 8.42 Å². The lowest BCUT2D eigenvalue weighted by atomic mass is 9.95. The van der Waals surface area contributed by atoms with Gasteiger partial charge in [-0.3, -0.25) is 13.9 Å². The molecule has 0 spiro atoms. The van der Waals surface area contributed by atoms with E-state index in [1.54, 1.807) is 37.3 Å². The molecule has 11 heteroatoms. The molecule has 1 fully saturated rings. The molecule has 43 heavy (non-hydrogen) atoms. The predicted octanol–water partition coefficient (Wildman–Crippen LogP) is 6.59. The number of amides is 2. The van der Waals surface area contributed by atoms with Crippen LogP contribution in [0.2, 0.25) is 0 Å². The first-order chi connectivity index (χ1) is 20.5. The van der Waals surface area contributed by atoms with Crippen molar-refractivity contribution >= 4 is 59.4 Å². The first-order valence-electron chi connectivity index (χ1n) is 14.3. The summed E-state index contributed by atoms with van der Waals surface area (Å²) in [5.41, 5.74) is 2.10. The molecule has 1 saturated carbocycles. The maximum atomic E-state index is 14.2. The molecule has 0 radical (unpaired) electrons. The second-order valence-electron chi connectivity index (χ2n) is 10.8. The molecule has 0 bridgehead atoms. The maximum Gasteiger partial charge on any atom is 0.264 e. The van der Waals surface area contributed by atoms with E-state index in [4.69, 9.17) is 4.74 Å². The predicted molar refractivity (Wildman–Crippen MR) is 176 cm³/mol. The Balaban J connectivity index is 1.69. The highest BCUT2D eigenvalue weighted by atomic mass is 79.9. The fourth-order valence-electron chi connectivity index (χ4n) is 5.16. The number of rotatable bonds is 11. The van der Waals surface area contributed by atoms with Gasteiger partial charge >= 0.3 is 0 Å². The van der Waals surface area contributed by atoms with Crippen molar-refractivity contribution in [2.75, 3.05) is 18.0 Å². The van der Waals surface area contributed by atoms with Crippen LogP contribution in [0.3, 0.4) is 0 Å². The molecule has 1 N–H and O–H groups in total. The van der Waals surface area contributed by atoms with E-state index in [0.717, 1.165) is 52.0 Å². The third kappa shape index (κ3) is 8.39. The molecule has 230 valence electrons. The second-order valence-corrected chi connectivity index (χ2v) is 14.4. The van der Waals surface area contributed by atoms with E-state index < -0.39 is 28.5 Å². The molecule has 1 aliphatic rings. The summed E-state index contributed by atoms with van der Waals surface area (Å²) in [6.45, 7) is 3.23. The van der Waals surface area contributed by atoms with Crippen LogP contribution in [0.25, 0.3) is 0 Å². The largest absolute Gasteiger partial charge is 0.496 e. The molecular formula is C32H37Br2N3O5S. The topological polar surface area (TPSA) is 96.0 Å². The average molecular weight is 736 g/mol. The summed E-state index contributed by atoms with van der Waals surface area (Å²) >= 11 is 6.86. The van der Waals surface area contributed by atoms with Gasteiger partial charge in [0.1, 0.15) is 18.3 Å². The van der Waals surface area contributed by atoms with Gasteiger partial charge in [-0.2, -0.15) is 0 Å². The molecule has 0 saturated heterocycles. The number of halogens is 2. The second kappa shape index (κ2) is 14.7. The number of anilines is 1. The minimum atomic E-state index is -4.20. The summed E-state index contributed by atoms with van der Waals surface area (Å²) in [5, 5.41) is 3.12. The van der Waals surface area contributed by atoms with Crippen LogP contribution in [-0.2, 0) is 26.2 Å². The number of aryl methyl sites for hydroxylation is 1. The SMILES string of the molecule is COc1ccc(S(=O)(=O)N(CC(=O)N(Cc2cccc(Br)c2)[C@@H](C)C(=O)NC2CCCCC2)c2ccc(C)cc2)cc1Br. The highest BCUT2D eigenvalue weighted by Crippen LogP contribution is 2.31.